The van der Waals surface area contributed by atoms with Crippen molar-refractivity contribution in [3.63, 3.8) is 0 Å². The van der Waals surface area contributed by atoms with E-state index in [1.165, 1.54) is 11.8 Å². The molecule has 170 valence electrons. The molecule has 0 fully saturated rings. The van der Waals surface area contributed by atoms with Crippen LogP contribution >= 0.6 is 11.8 Å². The van der Waals surface area contributed by atoms with E-state index in [0.717, 1.165) is 22.5 Å². The Morgan fingerprint density at radius 2 is 1.91 bits per heavy atom. The van der Waals surface area contributed by atoms with Crippen molar-refractivity contribution in [2.75, 3.05) is 18.7 Å². The van der Waals surface area contributed by atoms with Gasteiger partial charge in [-0.15, -0.1) is 5.10 Å². The molecule has 0 unspecified atom stereocenters. The number of benzene rings is 1. The number of anilines is 1. The van der Waals surface area contributed by atoms with Crippen molar-refractivity contribution in [2.45, 2.75) is 32.0 Å². The molecule has 0 bridgehead atoms. The minimum absolute atomic E-state index is 0.161. The highest BCUT2D eigenvalue weighted by molar-refractivity contribution is 7.98. The van der Waals surface area contributed by atoms with Crippen molar-refractivity contribution in [1.29, 1.82) is 0 Å². The molecule has 0 atom stereocenters. The second kappa shape index (κ2) is 9.86. The lowest BCUT2D eigenvalue weighted by atomic mass is 10.1. The number of amides is 1. The molecular formula is C23H24N6O3S. The summed E-state index contributed by atoms with van der Waals surface area (Å²) in [5.74, 6) is 1.48. The van der Waals surface area contributed by atoms with Gasteiger partial charge in [0.1, 0.15) is 6.61 Å². The lowest BCUT2D eigenvalue weighted by molar-refractivity contribution is -0.115. The van der Waals surface area contributed by atoms with E-state index < -0.39 is 0 Å². The molecule has 0 aliphatic rings. The number of aryl methyl sites for hydroxylation is 2. The van der Waals surface area contributed by atoms with Crippen molar-refractivity contribution in [2.24, 2.45) is 0 Å². The Kier molecular flexibility index (Phi) is 6.74. The van der Waals surface area contributed by atoms with Crippen LogP contribution < -0.4 is 14.8 Å². The summed E-state index contributed by atoms with van der Waals surface area (Å²) in [6, 6.07) is 9.05. The summed E-state index contributed by atoms with van der Waals surface area (Å²) >= 11 is 1.45. The molecule has 33 heavy (non-hydrogen) atoms. The minimum atomic E-state index is -0.169. The summed E-state index contributed by atoms with van der Waals surface area (Å²) in [6.45, 7) is 4.15. The number of nitrogens with zero attached hydrogens (tertiary/aromatic N) is 5. The molecule has 0 saturated heterocycles. The van der Waals surface area contributed by atoms with Gasteiger partial charge in [0, 0.05) is 41.1 Å². The topological polar surface area (TPSA) is 104 Å². The molecule has 9 nitrogen and oxygen atoms in total. The van der Waals surface area contributed by atoms with Gasteiger partial charge in [-0.3, -0.25) is 9.78 Å². The number of fused-ring (bicyclic) bond motifs is 1. The molecule has 0 aliphatic heterocycles. The molecule has 0 aliphatic carbocycles. The lowest BCUT2D eigenvalue weighted by Crippen LogP contribution is -2.18. The molecule has 10 heteroatoms. The zero-order valence-corrected chi connectivity index (χ0v) is 19.6. The summed E-state index contributed by atoms with van der Waals surface area (Å²) < 4.78 is 13.0. The molecular weight excluding hydrogens is 440 g/mol. The highest BCUT2D eigenvalue weighted by Crippen LogP contribution is 2.31. The molecule has 3 heterocycles. The van der Waals surface area contributed by atoms with E-state index in [4.69, 9.17) is 9.47 Å². The normalized spacial score (nSPS) is 10.9. The first-order valence-corrected chi connectivity index (χ1v) is 11.5. The van der Waals surface area contributed by atoms with Gasteiger partial charge in [0.2, 0.25) is 11.1 Å². The van der Waals surface area contributed by atoms with Crippen LogP contribution in [0.5, 0.6) is 11.5 Å². The highest BCUT2D eigenvalue weighted by atomic mass is 32.2. The highest BCUT2D eigenvalue weighted by Gasteiger charge is 2.17. The number of hydrogen-bond acceptors (Lipinski definition) is 8. The van der Waals surface area contributed by atoms with Crippen LogP contribution in [-0.2, 0) is 17.8 Å². The van der Waals surface area contributed by atoms with Crippen LogP contribution in [-0.4, -0.2) is 43.8 Å². The Bertz CT molecular complexity index is 1290. The van der Waals surface area contributed by atoms with Crippen molar-refractivity contribution in [3.05, 3.63) is 65.2 Å². The minimum Gasteiger partial charge on any atom is -0.493 e. The van der Waals surface area contributed by atoms with Gasteiger partial charge < -0.3 is 14.8 Å². The van der Waals surface area contributed by atoms with Gasteiger partial charge in [-0.05, 0) is 49.9 Å². The summed E-state index contributed by atoms with van der Waals surface area (Å²) in [4.78, 5) is 25.8. The summed E-state index contributed by atoms with van der Waals surface area (Å²) in [5, 5.41) is 8.02. The van der Waals surface area contributed by atoms with Gasteiger partial charge in [-0.2, -0.15) is 4.98 Å². The van der Waals surface area contributed by atoms with E-state index in [1.807, 2.05) is 32.2 Å². The van der Waals surface area contributed by atoms with Crippen molar-refractivity contribution < 1.29 is 14.3 Å². The quantitative estimate of drug-likeness (QED) is 0.394. The molecule has 0 saturated carbocycles. The Morgan fingerprint density at radius 1 is 1.12 bits per heavy atom. The second-order valence-electron chi connectivity index (χ2n) is 7.31. The fourth-order valence-corrected chi connectivity index (χ4v) is 3.74. The van der Waals surface area contributed by atoms with E-state index in [0.29, 0.717) is 34.7 Å². The molecule has 1 aromatic carbocycles. The third-order valence-electron chi connectivity index (χ3n) is 5.14. The predicted molar refractivity (Wildman–Crippen MR) is 126 cm³/mol. The zero-order valence-electron chi connectivity index (χ0n) is 18.8. The number of pyridine rings is 1. The average Bonchev–Trinajstić information content (AvgIpc) is 3.24. The Balaban J connectivity index is 1.50. The zero-order chi connectivity index (χ0) is 23.4. The lowest BCUT2D eigenvalue weighted by Gasteiger charge is -2.14. The molecule has 3 aromatic heterocycles. The number of carbonyl (C=O) groups excluding carboxylic acids is 1. The Hall–Kier alpha value is -3.66. The van der Waals surface area contributed by atoms with Crippen LogP contribution in [0.3, 0.4) is 0 Å². The molecule has 1 amide bonds. The fraction of sp³-hybridized carbons (Fsp3) is 0.261. The van der Waals surface area contributed by atoms with Gasteiger partial charge >= 0.3 is 0 Å². The van der Waals surface area contributed by atoms with E-state index in [1.54, 1.807) is 42.2 Å². The van der Waals surface area contributed by atoms with Crippen LogP contribution in [0, 0.1) is 13.8 Å². The number of hydrogen-bond donors (Lipinski definition) is 1. The first-order valence-electron chi connectivity index (χ1n) is 10.2. The van der Waals surface area contributed by atoms with Gasteiger partial charge in [-0.1, -0.05) is 11.8 Å². The number of ether oxygens (including phenoxy) is 2. The van der Waals surface area contributed by atoms with E-state index in [2.05, 4.69) is 25.4 Å². The van der Waals surface area contributed by atoms with Crippen molar-refractivity contribution in [3.8, 4) is 11.5 Å². The summed E-state index contributed by atoms with van der Waals surface area (Å²) in [5.41, 5.74) is 4.01. The van der Waals surface area contributed by atoms with Crippen molar-refractivity contribution >= 4 is 29.1 Å². The standard InChI is InChI=1S/C23H24N6O3S/c1-14-18(15(2)29-22(25-14)27-23(28-29)33-4)12-21(30)26-17-5-6-19(31-3)20(11-17)32-13-16-7-9-24-10-8-16/h5-11H,12-13H2,1-4H3,(H,26,30). The maximum Gasteiger partial charge on any atom is 0.253 e. The number of rotatable bonds is 8. The number of aromatic nitrogens is 5. The van der Waals surface area contributed by atoms with Crippen LogP contribution in [0.25, 0.3) is 5.78 Å². The van der Waals surface area contributed by atoms with Crippen molar-refractivity contribution in [1.82, 2.24) is 24.6 Å². The maximum atomic E-state index is 12.9. The summed E-state index contributed by atoms with van der Waals surface area (Å²) in [7, 11) is 1.58. The summed E-state index contributed by atoms with van der Waals surface area (Å²) in [6.07, 6.45) is 5.50. The smallest absolute Gasteiger partial charge is 0.253 e. The van der Waals surface area contributed by atoms with Gasteiger partial charge in [0.25, 0.3) is 5.78 Å². The number of carbonyl (C=O) groups is 1. The third-order valence-corrected chi connectivity index (χ3v) is 5.68. The fourth-order valence-electron chi connectivity index (χ4n) is 3.41. The van der Waals surface area contributed by atoms with Gasteiger partial charge in [-0.25, -0.2) is 9.50 Å². The molecule has 4 aromatic rings. The van der Waals surface area contributed by atoms with E-state index in [9.17, 15) is 4.79 Å². The SMILES string of the molecule is COc1ccc(NC(=O)Cc2c(C)nc3nc(SC)nn3c2C)cc1OCc1ccncc1. The average molecular weight is 465 g/mol. The first-order chi connectivity index (χ1) is 16.0. The van der Waals surface area contributed by atoms with Crippen LogP contribution in [0.2, 0.25) is 0 Å². The maximum absolute atomic E-state index is 12.9. The first kappa shape index (κ1) is 22.5. The monoisotopic (exact) mass is 464 g/mol. The van der Waals surface area contributed by atoms with Gasteiger partial charge in [0.15, 0.2) is 11.5 Å². The van der Waals surface area contributed by atoms with Crippen LogP contribution in [0.1, 0.15) is 22.5 Å². The molecule has 0 spiro atoms. The van der Waals surface area contributed by atoms with Crippen LogP contribution in [0.4, 0.5) is 5.69 Å². The van der Waals surface area contributed by atoms with Gasteiger partial charge in [0.05, 0.1) is 13.5 Å². The van der Waals surface area contributed by atoms with E-state index >= 15 is 0 Å². The van der Waals surface area contributed by atoms with Crippen LogP contribution in [0.15, 0.2) is 47.9 Å². The largest absolute Gasteiger partial charge is 0.493 e. The molecule has 4 rings (SSSR count). The second-order valence-corrected chi connectivity index (χ2v) is 8.08. The third kappa shape index (κ3) is 5.06. The number of methoxy groups -OCH3 is 1. The molecule has 1 N–H and O–H groups in total. The Labute approximate surface area is 195 Å². The number of nitrogens with one attached hydrogen (secondary N) is 1. The number of thioether (sulfide) groups is 1. The van der Waals surface area contributed by atoms with E-state index in [-0.39, 0.29) is 12.3 Å². The Morgan fingerprint density at radius 3 is 2.64 bits per heavy atom. The molecule has 0 radical (unpaired) electrons. The predicted octanol–water partition coefficient (Wildman–Crippen LogP) is 3.63.